The van der Waals surface area contributed by atoms with E-state index in [2.05, 4.69) is 48.1 Å². The molecule has 1 aliphatic heterocycles. The van der Waals surface area contributed by atoms with Crippen molar-refractivity contribution in [2.75, 3.05) is 28.6 Å². The van der Waals surface area contributed by atoms with E-state index >= 15 is 0 Å². The molecule has 1 aromatic heterocycles. The van der Waals surface area contributed by atoms with Gasteiger partial charge in [-0.25, -0.2) is 9.97 Å². The number of nitrogens with one attached hydrogen (secondary N) is 2. The van der Waals surface area contributed by atoms with Crippen molar-refractivity contribution in [1.82, 2.24) is 9.97 Å². The number of hydrogen-bond donors (Lipinski definition) is 2. The fourth-order valence-electron chi connectivity index (χ4n) is 3.34. The number of rotatable bonds is 5. The lowest BCUT2D eigenvalue weighted by Crippen LogP contribution is -2.19. The van der Waals surface area contributed by atoms with Gasteiger partial charge in [-0.3, -0.25) is 4.79 Å². The summed E-state index contributed by atoms with van der Waals surface area (Å²) in [6.07, 6.45) is 2.42. The first-order valence-electron chi connectivity index (χ1n) is 9.61. The van der Waals surface area contributed by atoms with Crippen LogP contribution < -0.4 is 15.5 Å². The normalized spacial score (nSPS) is 13.4. The fraction of sp³-hybridized carbons (Fsp3) is 0.227. The summed E-state index contributed by atoms with van der Waals surface area (Å²) in [7, 11) is 0. The van der Waals surface area contributed by atoms with Crippen LogP contribution in [0.5, 0.6) is 0 Å². The zero-order valence-corrected chi connectivity index (χ0v) is 18.3. The zero-order chi connectivity index (χ0) is 20.2. The monoisotopic (exact) mass is 499 g/mol. The number of nitrogens with zero attached hydrogens (tertiary/aromatic N) is 3. The summed E-state index contributed by atoms with van der Waals surface area (Å²) >= 11 is 2.20. The van der Waals surface area contributed by atoms with Crippen LogP contribution in [0.1, 0.15) is 29.0 Å². The van der Waals surface area contributed by atoms with E-state index in [9.17, 15) is 4.79 Å². The Labute approximate surface area is 183 Å². The van der Waals surface area contributed by atoms with Crippen LogP contribution in [-0.4, -0.2) is 29.0 Å². The molecule has 1 amide bonds. The maximum absolute atomic E-state index is 12.4. The fourth-order valence-corrected chi connectivity index (χ4v) is 3.89. The van der Waals surface area contributed by atoms with E-state index < -0.39 is 0 Å². The highest BCUT2D eigenvalue weighted by atomic mass is 127. The average Bonchev–Trinajstić information content (AvgIpc) is 3.24. The van der Waals surface area contributed by atoms with Crippen LogP contribution in [0.4, 0.5) is 23.0 Å². The Morgan fingerprint density at radius 1 is 1.00 bits per heavy atom. The van der Waals surface area contributed by atoms with Crippen molar-refractivity contribution in [2.45, 2.75) is 19.8 Å². The molecule has 29 heavy (non-hydrogen) atoms. The van der Waals surface area contributed by atoms with Crippen molar-refractivity contribution in [2.24, 2.45) is 0 Å². The lowest BCUT2D eigenvalue weighted by Gasteiger charge is -2.18. The van der Waals surface area contributed by atoms with Gasteiger partial charge in [-0.2, -0.15) is 0 Å². The van der Waals surface area contributed by atoms with Gasteiger partial charge in [0.2, 0.25) is 0 Å². The highest BCUT2D eigenvalue weighted by Crippen LogP contribution is 2.23. The summed E-state index contributed by atoms with van der Waals surface area (Å²) in [4.78, 5) is 23.8. The third-order valence-corrected chi connectivity index (χ3v) is 5.43. The van der Waals surface area contributed by atoms with Crippen LogP contribution in [0.2, 0.25) is 0 Å². The summed E-state index contributed by atoms with van der Waals surface area (Å²) < 4.78 is 1.03. The number of aryl methyl sites for hydroxylation is 1. The number of carbonyl (C=O) groups excluding carboxylic acids is 1. The molecule has 4 rings (SSSR count). The van der Waals surface area contributed by atoms with Gasteiger partial charge < -0.3 is 15.5 Å². The molecule has 1 saturated heterocycles. The van der Waals surface area contributed by atoms with Crippen molar-refractivity contribution in [3.63, 3.8) is 0 Å². The second-order valence-electron chi connectivity index (χ2n) is 7.02. The number of anilines is 4. The summed E-state index contributed by atoms with van der Waals surface area (Å²) in [5, 5.41) is 6.27. The van der Waals surface area contributed by atoms with Crippen molar-refractivity contribution < 1.29 is 4.79 Å². The largest absolute Gasteiger partial charge is 0.356 e. The molecule has 1 aliphatic rings. The minimum absolute atomic E-state index is 0.120. The quantitative estimate of drug-likeness (QED) is 0.485. The topological polar surface area (TPSA) is 70.2 Å². The van der Waals surface area contributed by atoms with E-state index in [1.165, 1.54) is 12.8 Å². The third-order valence-electron chi connectivity index (χ3n) is 4.76. The van der Waals surface area contributed by atoms with Crippen molar-refractivity contribution >= 4 is 51.5 Å². The van der Waals surface area contributed by atoms with Crippen LogP contribution in [0.15, 0.2) is 54.6 Å². The molecule has 148 valence electrons. The Kier molecular flexibility index (Phi) is 5.94. The van der Waals surface area contributed by atoms with E-state index in [1.807, 2.05) is 61.5 Å². The number of hydrogen-bond acceptors (Lipinski definition) is 5. The summed E-state index contributed by atoms with van der Waals surface area (Å²) in [6.45, 7) is 4.00. The van der Waals surface area contributed by atoms with E-state index in [1.54, 1.807) is 0 Å². The summed E-state index contributed by atoms with van der Waals surface area (Å²) in [5.41, 5.74) is 2.30. The molecule has 2 N–H and O–H groups in total. The Morgan fingerprint density at radius 3 is 2.45 bits per heavy atom. The molecule has 0 spiro atoms. The molecule has 7 heteroatoms. The number of carbonyl (C=O) groups is 1. The van der Waals surface area contributed by atoms with Gasteiger partial charge >= 0.3 is 0 Å². The van der Waals surface area contributed by atoms with E-state index in [-0.39, 0.29) is 5.91 Å². The Balaban J connectivity index is 1.44. The molecule has 6 nitrogen and oxygen atoms in total. The molecule has 2 heterocycles. The molecule has 0 saturated carbocycles. The smallest absolute Gasteiger partial charge is 0.255 e. The second kappa shape index (κ2) is 8.77. The number of halogens is 1. The minimum Gasteiger partial charge on any atom is -0.356 e. The molecule has 3 aromatic rings. The summed E-state index contributed by atoms with van der Waals surface area (Å²) in [5.74, 6) is 2.37. The predicted octanol–water partition coefficient (Wildman–Crippen LogP) is 4.99. The predicted molar refractivity (Wildman–Crippen MR) is 125 cm³/mol. The highest BCUT2D eigenvalue weighted by Gasteiger charge is 2.15. The molecule has 0 bridgehead atoms. The van der Waals surface area contributed by atoms with Crippen LogP contribution in [-0.2, 0) is 0 Å². The van der Waals surface area contributed by atoms with Crippen LogP contribution in [0, 0.1) is 10.5 Å². The SMILES string of the molecule is Cc1nc(Nc2ccc(NC(=O)c3cccc(I)c3)cc2)cc(N2CCCC2)n1. The summed E-state index contributed by atoms with van der Waals surface area (Å²) in [6, 6.07) is 17.1. The molecule has 0 unspecified atom stereocenters. The lowest BCUT2D eigenvalue weighted by molar-refractivity contribution is 0.102. The van der Waals surface area contributed by atoms with Crippen molar-refractivity contribution in [1.29, 1.82) is 0 Å². The van der Waals surface area contributed by atoms with E-state index in [0.717, 1.165) is 45.5 Å². The minimum atomic E-state index is -0.120. The number of amides is 1. The van der Waals surface area contributed by atoms with Gasteiger partial charge in [0.15, 0.2) is 0 Å². The van der Waals surface area contributed by atoms with Crippen LogP contribution in [0.25, 0.3) is 0 Å². The van der Waals surface area contributed by atoms with Crippen LogP contribution in [0.3, 0.4) is 0 Å². The molecule has 2 aromatic carbocycles. The van der Waals surface area contributed by atoms with Gasteiger partial charge in [0.05, 0.1) is 0 Å². The maximum Gasteiger partial charge on any atom is 0.255 e. The second-order valence-corrected chi connectivity index (χ2v) is 8.27. The lowest BCUT2D eigenvalue weighted by atomic mass is 10.2. The van der Waals surface area contributed by atoms with Crippen molar-refractivity contribution in [3.8, 4) is 0 Å². The molecule has 0 aliphatic carbocycles. The van der Waals surface area contributed by atoms with E-state index in [0.29, 0.717) is 5.56 Å². The van der Waals surface area contributed by atoms with Gasteiger partial charge in [-0.15, -0.1) is 0 Å². The molecular weight excluding hydrogens is 477 g/mol. The first-order chi connectivity index (χ1) is 14.1. The van der Waals surface area contributed by atoms with Gasteiger partial charge in [0.25, 0.3) is 5.91 Å². The molecule has 1 fully saturated rings. The van der Waals surface area contributed by atoms with E-state index in [4.69, 9.17) is 0 Å². The Hall–Kier alpha value is -2.68. The Morgan fingerprint density at radius 2 is 1.72 bits per heavy atom. The molecular formula is C22H22IN5O. The molecule has 0 radical (unpaired) electrons. The first kappa shape index (κ1) is 19.6. The highest BCUT2D eigenvalue weighted by molar-refractivity contribution is 14.1. The zero-order valence-electron chi connectivity index (χ0n) is 16.2. The average molecular weight is 499 g/mol. The van der Waals surface area contributed by atoms with Gasteiger partial charge in [0, 0.05) is 39.7 Å². The first-order valence-corrected chi connectivity index (χ1v) is 10.7. The van der Waals surface area contributed by atoms with Gasteiger partial charge in [-0.05, 0) is 84.8 Å². The standard InChI is InChI=1S/C22H22IN5O/c1-15-24-20(14-21(25-15)28-11-2-3-12-28)26-18-7-9-19(10-8-18)27-22(29)16-5-4-6-17(23)13-16/h4-10,13-14H,2-3,11-12H2,1H3,(H,27,29)(H,24,25,26). The van der Waals surface area contributed by atoms with Gasteiger partial charge in [-0.1, -0.05) is 6.07 Å². The van der Waals surface area contributed by atoms with Crippen LogP contribution >= 0.6 is 22.6 Å². The number of aromatic nitrogens is 2. The number of benzene rings is 2. The van der Waals surface area contributed by atoms with Crippen molar-refractivity contribution in [3.05, 3.63) is 69.6 Å². The molecule has 0 atom stereocenters. The maximum atomic E-state index is 12.4. The third kappa shape index (κ3) is 5.03. The Bertz CT molecular complexity index is 1020. The van der Waals surface area contributed by atoms with Gasteiger partial charge in [0.1, 0.15) is 17.5 Å².